The molecule has 0 heterocycles. The van der Waals surface area contributed by atoms with Crippen molar-refractivity contribution in [2.45, 2.75) is 66.2 Å². The molecule has 0 spiro atoms. The van der Waals surface area contributed by atoms with Crippen molar-refractivity contribution in [1.29, 1.82) is 0 Å². The zero-order valence-electron chi connectivity index (χ0n) is 16.8. The topological polar surface area (TPSA) is 18.5 Å². The van der Waals surface area contributed by atoms with Crippen molar-refractivity contribution in [2.75, 3.05) is 0 Å². The maximum atomic E-state index is 6.22. The molecule has 25 heavy (non-hydrogen) atoms. The Kier molecular flexibility index (Phi) is 5.93. The molecule has 0 amide bonds. The van der Waals surface area contributed by atoms with E-state index in [0.717, 1.165) is 11.5 Å². The molecule has 0 aliphatic carbocycles. The van der Waals surface area contributed by atoms with Gasteiger partial charge in [-0.05, 0) is 0 Å². The molecule has 2 radical (unpaired) electrons. The van der Waals surface area contributed by atoms with E-state index in [1.807, 2.05) is 0 Å². The molecule has 2 aromatic carbocycles. The van der Waals surface area contributed by atoms with E-state index in [1.165, 1.54) is 22.3 Å². The van der Waals surface area contributed by atoms with Crippen LogP contribution < -0.4 is 7.53 Å². The fourth-order valence-electron chi connectivity index (χ4n) is 2.86. The Morgan fingerprint density at radius 1 is 0.640 bits per heavy atom. The second kappa shape index (κ2) is 7.45. The van der Waals surface area contributed by atoms with E-state index in [1.54, 1.807) is 0 Å². The van der Waals surface area contributed by atoms with Crippen LogP contribution in [0.3, 0.4) is 0 Å². The Morgan fingerprint density at radius 3 is 1.32 bits per heavy atom. The van der Waals surface area contributed by atoms with Gasteiger partial charge in [0, 0.05) is 0 Å². The minimum absolute atomic E-state index is 0.0484. The number of aryl methyl sites for hydroxylation is 2. The average Bonchev–Trinajstić information content (AvgIpc) is 2.48. The van der Waals surface area contributed by atoms with Gasteiger partial charge in [-0.25, -0.2) is 0 Å². The van der Waals surface area contributed by atoms with Gasteiger partial charge in [-0.3, -0.25) is 0 Å². The molecule has 0 aromatic heterocycles. The number of hydrogen-bond acceptors (Lipinski definition) is 2. The van der Waals surface area contributed by atoms with Crippen molar-refractivity contribution in [3.05, 3.63) is 58.7 Å². The molecule has 0 aliphatic heterocycles. The Balaban J connectivity index is 2.24. The van der Waals surface area contributed by atoms with E-state index >= 15 is 0 Å². The van der Waals surface area contributed by atoms with Gasteiger partial charge in [0.05, 0.1) is 0 Å². The van der Waals surface area contributed by atoms with E-state index in [2.05, 4.69) is 91.8 Å². The fourth-order valence-corrected chi connectivity index (χ4v) is 4.44. The molecule has 0 atom stereocenters. The van der Waals surface area contributed by atoms with Crippen molar-refractivity contribution in [3.63, 3.8) is 0 Å². The van der Waals surface area contributed by atoms with E-state index in [4.69, 9.17) is 7.53 Å². The monoisotopic (exact) mass is 400 g/mol. The zero-order chi connectivity index (χ0) is 18.8. The van der Waals surface area contributed by atoms with Gasteiger partial charge in [-0.1, -0.05) is 0 Å². The maximum absolute atomic E-state index is 6.22. The SMILES string of the molecule is Cc1cccc(C(C)(C)C)c1[O][Ge][O]c1c(C)cccc1C(C)(C)C. The first-order valence-corrected chi connectivity index (χ1v) is 10.5. The molecule has 0 N–H and O–H groups in total. The summed E-state index contributed by atoms with van der Waals surface area (Å²) >= 11 is -1.05. The van der Waals surface area contributed by atoms with Crippen LogP contribution in [0.1, 0.15) is 63.8 Å². The third-order valence-electron chi connectivity index (χ3n) is 4.33. The van der Waals surface area contributed by atoms with Crippen LogP contribution in [0.5, 0.6) is 11.5 Å². The first-order valence-electron chi connectivity index (χ1n) is 8.80. The molecule has 2 rings (SSSR count). The number of benzene rings is 2. The third kappa shape index (κ3) is 4.81. The summed E-state index contributed by atoms with van der Waals surface area (Å²) in [4.78, 5) is 0. The molecule has 0 saturated carbocycles. The molecule has 0 fully saturated rings. The summed E-state index contributed by atoms with van der Waals surface area (Å²) in [5, 5.41) is 0. The third-order valence-corrected chi connectivity index (χ3v) is 5.53. The van der Waals surface area contributed by atoms with Gasteiger partial charge in [-0.2, -0.15) is 0 Å². The molecular formula is C22H30GeO2. The molecular weight excluding hydrogens is 369 g/mol. The quantitative estimate of drug-likeness (QED) is 0.597. The summed E-state index contributed by atoms with van der Waals surface area (Å²) in [6, 6.07) is 12.7. The van der Waals surface area contributed by atoms with Crippen molar-refractivity contribution in [3.8, 4) is 11.5 Å². The molecule has 0 aliphatic rings. The Hall–Kier alpha value is -1.42. The van der Waals surface area contributed by atoms with Crippen LogP contribution in [0.25, 0.3) is 0 Å². The first kappa shape index (κ1) is 19.9. The van der Waals surface area contributed by atoms with Crippen LogP contribution in [-0.2, 0) is 10.8 Å². The summed E-state index contributed by atoms with van der Waals surface area (Å²) in [5.74, 6) is 1.97. The second-order valence-electron chi connectivity index (χ2n) is 8.69. The standard InChI is InChI=1S/C22H30GeO2/c1-15-11-9-13-17(21(3,4)5)19(15)24-23-25-20-16(2)12-10-14-18(20)22(6,7)8/h9-14H,1-8H3. The summed E-state index contributed by atoms with van der Waals surface area (Å²) in [7, 11) is 0. The second-order valence-corrected chi connectivity index (χ2v) is 9.90. The number of hydrogen-bond donors (Lipinski definition) is 0. The summed E-state index contributed by atoms with van der Waals surface area (Å²) in [6.45, 7) is 17.5. The molecule has 0 unspecified atom stereocenters. The van der Waals surface area contributed by atoms with Crippen molar-refractivity contribution >= 4 is 16.1 Å². The Morgan fingerprint density at radius 2 is 1.00 bits per heavy atom. The van der Waals surface area contributed by atoms with Gasteiger partial charge in [-0.15, -0.1) is 0 Å². The fraction of sp³-hybridized carbons (Fsp3) is 0.455. The van der Waals surface area contributed by atoms with Gasteiger partial charge in [0.1, 0.15) is 0 Å². The van der Waals surface area contributed by atoms with E-state index in [-0.39, 0.29) is 10.8 Å². The molecule has 2 aromatic rings. The average molecular weight is 399 g/mol. The molecule has 0 bridgehead atoms. The molecule has 134 valence electrons. The van der Waals surface area contributed by atoms with Crippen LogP contribution >= 0.6 is 0 Å². The summed E-state index contributed by atoms with van der Waals surface area (Å²) in [5.41, 5.74) is 4.90. The van der Waals surface area contributed by atoms with Gasteiger partial charge in [0.15, 0.2) is 0 Å². The van der Waals surface area contributed by atoms with Crippen LogP contribution in [0.4, 0.5) is 0 Å². The Labute approximate surface area is 160 Å². The predicted molar refractivity (Wildman–Crippen MR) is 107 cm³/mol. The summed E-state index contributed by atoms with van der Waals surface area (Å²) in [6.07, 6.45) is 0. The van der Waals surface area contributed by atoms with Gasteiger partial charge >= 0.3 is 160 Å². The predicted octanol–water partition coefficient (Wildman–Crippen LogP) is 5.89. The van der Waals surface area contributed by atoms with Crippen molar-refractivity contribution in [1.82, 2.24) is 0 Å². The molecule has 0 saturated heterocycles. The van der Waals surface area contributed by atoms with E-state index < -0.39 is 16.1 Å². The molecule has 3 heteroatoms. The summed E-state index contributed by atoms with van der Waals surface area (Å²) < 4.78 is 12.4. The van der Waals surface area contributed by atoms with Crippen molar-refractivity contribution < 1.29 is 7.53 Å². The van der Waals surface area contributed by atoms with Gasteiger partial charge in [0.2, 0.25) is 0 Å². The first-order chi connectivity index (χ1) is 11.5. The van der Waals surface area contributed by atoms with Crippen LogP contribution in [0.2, 0.25) is 0 Å². The van der Waals surface area contributed by atoms with Crippen LogP contribution in [0, 0.1) is 13.8 Å². The van der Waals surface area contributed by atoms with Crippen molar-refractivity contribution in [2.24, 2.45) is 0 Å². The van der Waals surface area contributed by atoms with E-state index in [0.29, 0.717) is 0 Å². The number of para-hydroxylation sites is 2. The number of rotatable bonds is 4. The normalized spacial score (nSPS) is 12.2. The zero-order valence-corrected chi connectivity index (χ0v) is 18.9. The van der Waals surface area contributed by atoms with Crippen LogP contribution in [0.15, 0.2) is 36.4 Å². The van der Waals surface area contributed by atoms with Gasteiger partial charge in [0.25, 0.3) is 0 Å². The van der Waals surface area contributed by atoms with Gasteiger partial charge < -0.3 is 0 Å². The van der Waals surface area contributed by atoms with E-state index in [9.17, 15) is 0 Å². The molecule has 2 nitrogen and oxygen atoms in total. The minimum atomic E-state index is -1.05. The Bertz CT molecular complexity index is 673. The van der Waals surface area contributed by atoms with Crippen LogP contribution in [-0.4, -0.2) is 16.1 Å².